The fourth-order valence-corrected chi connectivity index (χ4v) is 2.03. The van der Waals surface area contributed by atoms with Gasteiger partial charge in [-0.2, -0.15) is 0 Å². The highest BCUT2D eigenvalue weighted by Crippen LogP contribution is 2.21. The molecule has 0 amide bonds. The van der Waals surface area contributed by atoms with Crippen molar-refractivity contribution in [1.82, 2.24) is 0 Å². The molecule has 0 aliphatic carbocycles. The summed E-state index contributed by atoms with van der Waals surface area (Å²) in [4.78, 5) is 12.2. The molecule has 2 aromatic rings. The fraction of sp³-hybridized carbons (Fsp3) is 0.235. The molecule has 0 bridgehead atoms. The van der Waals surface area contributed by atoms with Crippen molar-refractivity contribution < 1.29 is 13.6 Å². The van der Waals surface area contributed by atoms with Crippen LogP contribution in [0.3, 0.4) is 0 Å². The van der Waals surface area contributed by atoms with Crippen LogP contribution in [0.25, 0.3) is 0 Å². The summed E-state index contributed by atoms with van der Waals surface area (Å²) in [6.45, 7) is 4.20. The zero-order valence-corrected chi connectivity index (χ0v) is 11.5. The van der Waals surface area contributed by atoms with Crippen LogP contribution in [0.1, 0.15) is 47.7 Å². The van der Waals surface area contributed by atoms with Gasteiger partial charge in [-0.15, -0.1) is 0 Å². The maximum absolute atomic E-state index is 13.6. The summed E-state index contributed by atoms with van der Waals surface area (Å²) in [6.07, 6.45) is 1.01. The van der Waals surface area contributed by atoms with Crippen LogP contribution in [0.4, 0.5) is 8.78 Å². The summed E-state index contributed by atoms with van der Waals surface area (Å²) >= 11 is 0. The molecule has 0 aliphatic heterocycles. The highest BCUT2D eigenvalue weighted by atomic mass is 19.1. The van der Waals surface area contributed by atoms with Gasteiger partial charge in [0, 0.05) is 11.6 Å². The van der Waals surface area contributed by atoms with E-state index in [2.05, 4.69) is 13.8 Å². The Balaban J connectivity index is 2.29. The third-order valence-electron chi connectivity index (χ3n) is 3.53. The van der Waals surface area contributed by atoms with Crippen LogP contribution in [0.2, 0.25) is 0 Å². The molecule has 0 radical (unpaired) electrons. The number of hydrogen-bond acceptors (Lipinski definition) is 1. The van der Waals surface area contributed by atoms with Gasteiger partial charge in [-0.25, -0.2) is 8.78 Å². The van der Waals surface area contributed by atoms with Crippen molar-refractivity contribution >= 4 is 5.78 Å². The van der Waals surface area contributed by atoms with Gasteiger partial charge in [0.25, 0.3) is 0 Å². The van der Waals surface area contributed by atoms with E-state index in [4.69, 9.17) is 0 Å². The van der Waals surface area contributed by atoms with Crippen molar-refractivity contribution in [2.75, 3.05) is 0 Å². The van der Waals surface area contributed by atoms with E-state index in [-0.39, 0.29) is 5.56 Å². The summed E-state index contributed by atoms with van der Waals surface area (Å²) in [6, 6.07) is 10.1. The van der Waals surface area contributed by atoms with Crippen LogP contribution >= 0.6 is 0 Å². The lowest BCUT2D eigenvalue weighted by Crippen LogP contribution is -2.05. The van der Waals surface area contributed by atoms with E-state index in [9.17, 15) is 13.6 Å². The number of halogens is 2. The Labute approximate surface area is 117 Å². The topological polar surface area (TPSA) is 17.1 Å². The molecule has 0 heterocycles. The molecule has 0 aliphatic rings. The lowest BCUT2D eigenvalue weighted by atomic mass is 9.95. The highest BCUT2D eigenvalue weighted by Gasteiger charge is 2.15. The van der Waals surface area contributed by atoms with Gasteiger partial charge in [-0.1, -0.05) is 38.1 Å². The molecule has 1 nitrogen and oxygen atoms in total. The van der Waals surface area contributed by atoms with Crippen LogP contribution < -0.4 is 0 Å². The first-order valence-corrected chi connectivity index (χ1v) is 6.62. The van der Waals surface area contributed by atoms with Gasteiger partial charge in [0.05, 0.1) is 5.56 Å². The summed E-state index contributed by atoms with van der Waals surface area (Å²) in [7, 11) is 0. The number of carbonyl (C=O) groups excluding carboxylic acids is 1. The van der Waals surface area contributed by atoms with E-state index in [1.54, 1.807) is 12.1 Å². The molecular formula is C17H16F2O. The number of hydrogen-bond donors (Lipinski definition) is 0. The second-order valence-corrected chi connectivity index (χ2v) is 4.88. The second-order valence-electron chi connectivity index (χ2n) is 4.88. The number of rotatable bonds is 4. The van der Waals surface area contributed by atoms with Crippen molar-refractivity contribution in [3.8, 4) is 0 Å². The predicted octanol–water partition coefficient (Wildman–Crippen LogP) is 4.71. The van der Waals surface area contributed by atoms with E-state index < -0.39 is 17.4 Å². The Morgan fingerprint density at radius 2 is 1.75 bits per heavy atom. The molecule has 104 valence electrons. The Hall–Kier alpha value is -2.03. The van der Waals surface area contributed by atoms with Gasteiger partial charge in [0.2, 0.25) is 0 Å². The first-order valence-electron chi connectivity index (χ1n) is 6.62. The van der Waals surface area contributed by atoms with Gasteiger partial charge in [-0.3, -0.25) is 4.79 Å². The van der Waals surface area contributed by atoms with Gasteiger partial charge in [0.1, 0.15) is 11.6 Å². The summed E-state index contributed by atoms with van der Waals surface area (Å²) < 4.78 is 26.4. The molecule has 2 rings (SSSR count). The third kappa shape index (κ3) is 2.93. The van der Waals surface area contributed by atoms with Gasteiger partial charge >= 0.3 is 0 Å². The standard InChI is InChI=1S/C17H16F2O/c1-3-11(2)12-4-6-13(7-5-12)17(20)15-9-8-14(18)10-16(15)19/h4-11H,3H2,1-2H3. The first kappa shape index (κ1) is 14.4. The van der Waals surface area contributed by atoms with E-state index in [1.165, 1.54) is 6.07 Å². The van der Waals surface area contributed by atoms with Crippen LogP contribution in [0, 0.1) is 11.6 Å². The minimum Gasteiger partial charge on any atom is -0.288 e. The van der Waals surface area contributed by atoms with Crippen LogP contribution in [-0.2, 0) is 0 Å². The van der Waals surface area contributed by atoms with Crippen molar-refractivity contribution in [2.45, 2.75) is 26.2 Å². The molecule has 0 fully saturated rings. The van der Waals surface area contributed by atoms with Crippen molar-refractivity contribution in [3.05, 3.63) is 70.8 Å². The Bertz CT molecular complexity index is 617. The first-order chi connectivity index (χ1) is 9.52. The van der Waals surface area contributed by atoms with E-state index >= 15 is 0 Å². The lowest BCUT2D eigenvalue weighted by molar-refractivity contribution is 0.103. The van der Waals surface area contributed by atoms with Crippen LogP contribution in [0.15, 0.2) is 42.5 Å². The Morgan fingerprint density at radius 1 is 1.10 bits per heavy atom. The molecular weight excluding hydrogens is 258 g/mol. The minimum absolute atomic E-state index is 0.109. The molecule has 0 N–H and O–H groups in total. The minimum atomic E-state index is -0.832. The zero-order valence-electron chi connectivity index (χ0n) is 11.5. The van der Waals surface area contributed by atoms with Crippen molar-refractivity contribution in [1.29, 1.82) is 0 Å². The predicted molar refractivity (Wildman–Crippen MR) is 74.9 cm³/mol. The van der Waals surface area contributed by atoms with Gasteiger partial charge in [-0.05, 0) is 30.0 Å². The lowest BCUT2D eigenvalue weighted by Gasteiger charge is -2.09. The molecule has 1 unspecified atom stereocenters. The molecule has 20 heavy (non-hydrogen) atoms. The molecule has 0 aromatic heterocycles. The summed E-state index contributed by atoms with van der Waals surface area (Å²) in [5, 5.41) is 0. The van der Waals surface area contributed by atoms with Crippen LogP contribution in [0.5, 0.6) is 0 Å². The molecule has 1 atom stereocenters. The van der Waals surface area contributed by atoms with E-state index in [1.807, 2.05) is 12.1 Å². The fourth-order valence-electron chi connectivity index (χ4n) is 2.03. The quantitative estimate of drug-likeness (QED) is 0.738. The SMILES string of the molecule is CCC(C)c1ccc(C(=O)c2ccc(F)cc2F)cc1. The molecule has 0 saturated heterocycles. The number of ketones is 1. The van der Waals surface area contributed by atoms with Gasteiger partial charge < -0.3 is 0 Å². The van der Waals surface area contributed by atoms with Crippen molar-refractivity contribution in [3.63, 3.8) is 0 Å². The number of benzene rings is 2. The molecule has 0 saturated carbocycles. The zero-order chi connectivity index (χ0) is 14.7. The summed E-state index contributed by atoms with van der Waals surface area (Å²) in [5.74, 6) is -1.54. The average molecular weight is 274 g/mol. The maximum Gasteiger partial charge on any atom is 0.195 e. The summed E-state index contributed by atoms with van der Waals surface area (Å²) in [5.41, 5.74) is 1.44. The van der Waals surface area contributed by atoms with E-state index in [0.29, 0.717) is 11.5 Å². The van der Waals surface area contributed by atoms with Crippen LogP contribution in [-0.4, -0.2) is 5.78 Å². The Morgan fingerprint density at radius 3 is 2.30 bits per heavy atom. The van der Waals surface area contributed by atoms with Crippen molar-refractivity contribution in [2.24, 2.45) is 0 Å². The molecule has 0 spiro atoms. The maximum atomic E-state index is 13.6. The molecule has 2 aromatic carbocycles. The number of carbonyl (C=O) groups is 1. The largest absolute Gasteiger partial charge is 0.288 e. The average Bonchev–Trinajstić information content (AvgIpc) is 2.46. The van der Waals surface area contributed by atoms with E-state index in [0.717, 1.165) is 24.1 Å². The Kier molecular flexibility index (Phi) is 4.28. The smallest absolute Gasteiger partial charge is 0.195 e. The third-order valence-corrected chi connectivity index (χ3v) is 3.53. The van der Waals surface area contributed by atoms with Gasteiger partial charge in [0.15, 0.2) is 5.78 Å². The normalized spacial score (nSPS) is 12.2. The molecule has 3 heteroatoms. The monoisotopic (exact) mass is 274 g/mol. The highest BCUT2D eigenvalue weighted by molar-refractivity contribution is 6.09. The second kappa shape index (κ2) is 5.95.